The van der Waals surface area contributed by atoms with Crippen molar-refractivity contribution in [2.45, 2.75) is 65.9 Å². The van der Waals surface area contributed by atoms with Crippen LogP contribution in [0.15, 0.2) is 0 Å². The molecule has 4 rings (SSSR count). The van der Waals surface area contributed by atoms with E-state index in [1.165, 1.54) is 25.7 Å². The SMILES string of the molecule is C[C@H]1CCC2C(C)(C)C3(C)CC[C@]21CC3O. The number of fused-ring (bicyclic) bond motifs is 2. The molecule has 0 heterocycles. The summed E-state index contributed by atoms with van der Waals surface area (Å²) in [5, 5.41) is 10.6. The smallest absolute Gasteiger partial charge is 0.0604 e. The molecule has 2 bridgehead atoms. The van der Waals surface area contributed by atoms with Gasteiger partial charge in [0.05, 0.1) is 6.10 Å². The van der Waals surface area contributed by atoms with Gasteiger partial charge in [-0.15, -0.1) is 0 Å². The van der Waals surface area contributed by atoms with E-state index < -0.39 is 0 Å². The maximum Gasteiger partial charge on any atom is 0.0604 e. The lowest BCUT2D eigenvalue weighted by molar-refractivity contribution is -0.223. The Balaban J connectivity index is 2.12. The lowest BCUT2D eigenvalue weighted by Crippen LogP contribution is -2.63. The first-order chi connectivity index (χ1) is 7.34. The van der Waals surface area contributed by atoms with Gasteiger partial charge in [0, 0.05) is 0 Å². The minimum absolute atomic E-state index is 0.0620. The number of rotatable bonds is 0. The first-order valence-corrected chi connectivity index (χ1v) is 7.03. The second-order valence-electron chi connectivity index (χ2n) is 7.62. The summed E-state index contributed by atoms with van der Waals surface area (Å²) in [5.41, 5.74) is 0.984. The molecular formula is C15H26O. The van der Waals surface area contributed by atoms with Gasteiger partial charge in [0.2, 0.25) is 0 Å². The van der Waals surface area contributed by atoms with Crippen molar-refractivity contribution in [2.24, 2.45) is 28.1 Å². The highest BCUT2D eigenvalue weighted by molar-refractivity contribution is 5.17. The van der Waals surface area contributed by atoms with Gasteiger partial charge in [0.1, 0.15) is 0 Å². The molecule has 1 spiro atoms. The maximum atomic E-state index is 10.6. The Hall–Kier alpha value is -0.0400. The molecule has 0 saturated heterocycles. The van der Waals surface area contributed by atoms with E-state index in [-0.39, 0.29) is 11.5 Å². The van der Waals surface area contributed by atoms with Crippen molar-refractivity contribution in [3.8, 4) is 0 Å². The highest BCUT2D eigenvalue weighted by atomic mass is 16.3. The van der Waals surface area contributed by atoms with Crippen LogP contribution in [0, 0.1) is 28.1 Å². The average Bonchev–Trinajstić information content (AvgIpc) is 2.51. The second kappa shape index (κ2) is 2.85. The standard InChI is InChI=1S/C15H26O/c1-10-5-6-11-13(2,3)14(4)7-8-15(10,11)9-12(14)16/h10-12,16H,5-9H2,1-4H3/t10-,11?,12?,14?,15+/m0/s1. The molecule has 0 aromatic rings. The van der Waals surface area contributed by atoms with Crippen molar-refractivity contribution in [1.29, 1.82) is 0 Å². The molecule has 0 aromatic carbocycles. The normalized spacial score (nSPS) is 58.7. The van der Waals surface area contributed by atoms with Crippen LogP contribution in [-0.4, -0.2) is 11.2 Å². The molecule has 0 radical (unpaired) electrons. The molecule has 4 aliphatic rings. The third-order valence-electron chi connectivity index (χ3n) is 7.33. The first kappa shape index (κ1) is 11.1. The van der Waals surface area contributed by atoms with E-state index in [2.05, 4.69) is 27.7 Å². The largest absolute Gasteiger partial charge is 0.393 e. The fourth-order valence-corrected chi connectivity index (χ4v) is 5.67. The summed E-state index contributed by atoms with van der Waals surface area (Å²) in [4.78, 5) is 0. The minimum Gasteiger partial charge on any atom is -0.393 e. The van der Waals surface area contributed by atoms with Gasteiger partial charge < -0.3 is 5.11 Å². The van der Waals surface area contributed by atoms with Gasteiger partial charge in [-0.25, -0.2) is 0 Å². The van der Waals surface area contributed by atoms with E-state index >= 15 is 0 Å². The Labute approximate surface area is 99.6 Å². The lowest BCUT2D eigenvalue weighted by Gasteiger charge is -2.67. The zero-order chi connectivity index (χ0) is 11.8. The number of hydrogen-bond donors (Lipinski definition) is 1. The van der Waals surface area contributed by atoms with Crippen molar-refractivity contribution in [2.75, 3.05) is 0 Å². The van der Waals surface area contributed by atoms with Crippen LogP contribution in [0.4, 0.5) is 0 Å². The molecule has 0 aromatic heterocycles. The van der Waals surface area contributed by atoms with Crippen LogP contribution >= 0.6 is 0 Å². The van der Waals surface area contributed by atoms with E-state index in [0.717, 1.165) is 18.3 Å². The van der Waals surface area contributed by atoms with Crippen LogP contribution in [-0.2, 0) is 0 Å². The molecule has 5 atom stereocenters. The molecule has 4 saturated carbocycles. The first-order valence-electron chi connectivity index (χ1n) is 7.03. The zero-order valence-corrected chi connectivity index (χ0v) is 11.2. The van der Waals surface area contributed by atoms with Gasteiger partial charge in [0.15, 0.2) is 0 Å². The number of hydrogen-bond acceptors (Lipinski definition) is 1. The van der Waals surface area contributed by atoms with Crippen molar-refractivity contribution >= 4 is 0 Å². The minimum atomic E-state index is -0.0620. The van der Waals surface area contributed by atoms with E-state index in [1.807, 2.05) is 0 Å². The van der Waals surface area contributed by atoms with Crippen LogP contribution in [0.25, 0.3) is 0 Å². The fraction of sp³-hybridized carbons (Fsp3) is 1.00. The molecule has 16 heavy (non-hydrogen) atoms. The third kappa shape index (κ3) is 0.939. The second-order valence-corrected chi connectivity index (χ2v) is 7.62. The van der Waals surface area contributed by atoms with Gasteiger partial charge in [-0.1, -0.05) is 27.7 Å². The third-order valence-corrected chi connectivity index (χ3v) is 7.33. The van der Waals surface area contributed by atoms with E-state index in [0.29, 0.717) is 10.8 Å². The molecule has 1 N–H and O–H groups in total. The highest BCUT2D eigenvalue weighted by Gasteiger charge is 2.68. The summed E-state index contributed by atoms with van der Waals surface area (Å²) in [6, 6.07) is 0. The highest BCUT2D eigenvalue weighted by Crippen LogP contribution is 2.73. The molecular weight excluding hydrogens is 196 g/mol. The Morgan fingerprint density at radius 1 is 1.06 bits per heavy atom. The van der Waals surface area contributed by atoms with Crippen molar-refractivity contribution in [3.63, 3.8) is 0 Å². The van der Waals surface area contributed by atoms with Crippen LogP contribution in [0.3, 0.4) is 0 Å². The molecule has 3 unspecified atom stereocenters. The summed E-state index contributed by atoms with van der Waals surface area (Å²) in [6.07, 6.45) is 6.41. The Morgan fingerprint density at radius 3 is 2.38 bits per heavy atom. The van der Waals surface area contributed by atoms with E-state index in [1.54, 1.807) is 0 Å². The Kier molecular flexibility index (Phi) is 1.98. The van der Waals surface area contributed by atoms with Crippen LogP contribution < -0.4 is 0 Å². The summed E-state index contributed by atoms with van der Waals surface area (Å²) in [5.74, 6) is 1.69. The average molecular weight is 222 g/mol. The lowest BCUT2D eigenvalue weighted by atomic mass is 9.38. The van der Waals surface area contributed by atoms with Gasteiger partial charge in [-0.2, -0.15) is 0 Å². The van der Waals surface area contributed by atoms with Crippen molar-refractivity contribution in [3.05, 3.63) is 0 Å². The summed E-state index contributed by atoms with van der Waals surface area (Å²) < 4.78 is 0. The number of aliphatic hydroxyl groups is 1. The van der Waals surface area contributed by atoms with Crippen LogP contribution in [0.2, 0.25) is 0 Å². The Bertz CT molecular complexity index is 321. The quantitative estimate of drug-likeness (QED) is 0.664. The predicted octanol–water partition coefficient (Wildman–Crippen LogP) is 3.61. The molecule has 0 amide bonds. The molecule has 0 aliphatic heterocycles. The maximum absolute atomic E-state index is 10.6. The summed E-state index contributed by atoms with van der Waals surface area (Å²) in [7, 11) is 0. The van der Waals surface area contributed by atoms with Gasteiger partial charge in [0.25, 0.3) is 0 Å². The van der Waals surface area contributed by atoms with Gasteiger partial charge in [-0.3, -0.25) is 0 Å². The van der Waals surface area contributed by atoms with Crippen LogP contribution in [0.5, 0.6) is 0 Å². The topological polar surface area (TPSA) is 20.2 Å². The van der Waals surface area contributed by atoms with Crippen molar-refractivity contribution in [1.82, 2.24) is 0 Å². The molecule has 92 valence electrons. The predicted molar refractivity (Wildman–Crippen MR) is 66.1 cm³/mol. The fourth-order valence-electron chi connectivity index (χ4n) is 5.67. The number of aliphatic hydroxyl groups excluding tert-OH is 1. The molecule has 4 fully saturated rings. The molecule has 4 aliphatic carbocycles. The zero-order valence-electron chi connectivity index (χ0n) is 11.2. The van der Waals surface area contributed by atoms with Gasteiger partial charge >= 0.3 is 0 Å². The van der Waals surface area contributed by atoms with Gasteiger partial charge in [-0.05, 0) is 60.2 Å². The Morgan fingerprint density at radius 2 is 1.75 bits per heavy atom. The summed E-state index contributed by atoms with van der Waals surface area (Å²) in [6.45, 7) is 9.61. The van der Waals surface area contributed by atoms with Crippen LogP contribution in [0.1, 0.15) is 59.8 Å². The molecule has 1 nitrogen and oxygen atoms in total. The van der Waals surface area contributed by atoms with E-state index in [9.17, 15) is 5.11 Å². The molecule has 1 heteroatoms. The monoisotopic (exact) mass is 222 g/mol. The summed E-state index contributed by atoms with van der Waals surface area (Å²) >= 11 is 0. The van der Waals surface area contributed by atoms with Crippen molar-refractivity contribution < 1.29 is 5.11 Å². The van der Waals surface area contributed by atoms with E-state index in [4.69, 9.17) is 0 Å².